The Morgan fingerprint density at radius 2 is 2.10 bits per heavy atom. The second-order valence-electron chi connectivity index (χ2n) is 5.57. The number of rotatable bonds is 3. The molecule has 0 spiro atoms. The van der Waals surface area contributed by atoms with Gasteiger partial charge in [0.1, 0.15) is 0 Å². The first-order chi connectivity index (χ1) is 9.27. The smallest absolute Gasteiger partial charge is 0.399 e. The number of nitrogens with two attached hydrogens (primary N) is 1. The van der Waals surface area contributed by atoms with E-state index in [4.69, 9.17) is 5.73 Å². The van der Waals surface area contributed by atoms with Crippen molar-refractivity contribution in [2.24, 2.45) is 5.92 Å². The number of hydrogen-bond donors (Lipinski definition) is 1. The summed E-state index contributed by atoms with van der Waals surface area (Å²) in [5.74, 6) is 0.406. The van der Waals surface area contributed by atoms with Crippen LogP contribution in [0.3, 0.4) is 0 Å². The molecule has 0 aromatic heterocycles. The Kier molecular flexibility index (Phi) is 4.13. The summed E-state index contributed by atoms with van der Waals surface area (Å²) in [5, 5.41) is 0. The van der Waals surface area contributed by atoms with Gasteiger partial charge in [0.15, 0.2) is 0 Å². The van der Waals surface area contributed by atoms with Crippen LogP contribution in [-0.2, 0) is 6.18 Å². The van der Waals surface area contributed by atoms with Gasteiger partial charge in [-0.2, -0.15) is 13.2 Å². The van der Waals surface area contributed by atoms with Crippen molar-refractivity contribution in [3.8, 4) is 0 Å². The Bertz CT molecular complexity index is 473. The molecule has 1 unspecified atom stereocenters. The van der Waals surface area contributed by atoms with Crippen molar-refractivity contribution in [1.29, 1.82) is 0 Å². The zero-order valence-corrected chi connectivity index (χ0v) is 11.7. The first-order valence-corrected chi connectivity index (χ1v) is 6.64. The summed E-state index contributed by atoms with van der Waals surface area (Å²) in [4.78, 5) is 3.89. The molecule has 112 valence electrons. The maximum atomic E-state index is 13.1. The van der Waals surface area contributed by atoms with E-state index in [0.29, 0.717) is 12.5 Å². The van der Waals surface area contributed by atoms with E-state index < -0.39 is 11.7 Å². The van der Waals surface area contributed by atoms with Gasteiger partial charge in [-0.25, -0.2) is 0 Å². The minimum Gasteiger partial charge on any atom is -0.399 e. The number of alkyl halides is 3. The maximum absolute atomic E-state index is 13.1. The number of likely N-dealkylation sites (tertiary alicyclic amines) is 1. The lowest BCUT2D eigenvalue weighted by atomic mass is 10.1. The summed E-state index contributed by atoms with van der Waals surface area (Å²) in [6, 6.07) is 3.98. The molecule has 1 aliphatic rings. The third-order valence-electron chi connectivity index (χ3n) is 3.76. The minimum atomic E-state index is -4.38. The molecule has 6 heteroatoms. The average Bonchev–Trinajstić information content (AvgIpc) is 2.73. The number of nitrogen functional groups attached to an aromatic ring is 1. The highest BCUT2D eigenvalue weighted by atomic mass is 19.4. The van der Waals surface area contributed by atoms with Gasteiger partial charge in [0.2, 0.25) is 0 Å². The SMILES string of the molecule is CN1CCC(CN(C)c2ccc(N)cc2C(F)(F)F)C1. The van der Waals surface area contributed by atoms with Crippen molar-refractivity contribution >= 4 is 11.4 Å². The topological polar surface area (TPSA) is 32.5 Å². The first kappa shape index (κ1) is 15.0. The molecule has 1 aromatic rings. The van der Waals surface area contributed by atoms with Gasteiger partial charge in [0.05, 0.1) is 5.56 Å². The zero-order chi connectivity index (χ0) is 14.9. The fraction of sp³-hybridized carbons (Fsp3) is 0.571. The molecule has 2 rings (SSSR count). The molecule has 0 radical (unpaired) electrons. The van der Waals surface area contributed by atoms with Gasteiger partial charge in [-0.3, -0.25) is 0 Å². The molecule has 20 heavy (non-hydrogen) atoms. The van der Waals surface area contributed by atoms with Crippen LogP contribution in [0.2, 0.25) is 0 Å². The second kappa shape index (κ2) is 5.52. The Balaban J connectivity index is 2.19. The molecule has 0 saturated carbocycles. The van der Waals surface area contributed by atoms with Crippen LogP contribution in [-0.4, -0.2) is 38.6 Å². The monoisotopic (exact) mass is 287 g/mol. The summed E-state index contributed by atoms with van der Waals surface area (Å²) in [6.45, 7) is 2.56. The van der Waals surface area contributed by atoms with Crippen LogP contribution in [0, 0.1) is 5.92 Å². The molecule has 1 saturated heterocycles. The Morgan fingerprint density at radius 1 is 1.40 bits per heavy atom. The summed E-state index contributed by atoms with van der Waals surface area (Å²) >= 11 is 0. The van der Waals surface area contributed by atoms with Crippen LogP contribution in [0.25, 0.3) is 0 Å². The van der Waals surface area contributed by atoms with Crippen LogP contribution >= 0.6 is 0 Å². The van der Waals surface area contributed by atoms with Gasteiger partial charge in [-0.15, -0.1) is 0 Å². The van der Waals surface area contributed by atoms with Gasteiger partial charge in [0.25, 0.3) is 0 Å². The Morgan fingerprint density at radius 3 is 2.65 bits per heavy atom. The Labute approximate surface area is 117 Å². The van der Waals surface area contributed by atoms with Gasteiger partial charge in [0, 0.05) is 31.5 Å². The van der Waals surface area contributed by atoms with Crippen LogP contribution in [0.5, 0.6) is 0 Å². The molecule has 1 fully saturated rings. The average molecular weight is 287 g/mol. The summed E-state index contributed by atoms with van der Waals surface area (Å²) < 4.78 is 39.2. The largest absolute Gasteiger partial charge is 0.418 e. The molecule has 0 amide bonds. The van der Waals surface area contributed by atoms with Crippen molar-refractivity contribution in [2.45, 2.75) is 12.6 Å². The van der Waals surface area contributed by atoms with Gasteiger partial charge < -0.3 is 15.5 Å². The summed E-state index contributed by atoms with van der Waals surface area (Å²) in [7, 11) is 3.74. The van der Waals surface area contributed by atoms with E-state index in [9.17, 15) is 13.2 Å². The number of benzene rings is 1. The highest BCUT2D eigenvalue weighted by Gasteiger charge is 2.35. The summed E-state index contributed by atoms with van der Waals surface area (Å²) in [6.07, 6.45) is -3.36. The lowest BCUT2D eigenvalue weighted by Crippen LogP contribution is -2.29. The van der Waals surface area contributed by atoms with Crippen LogP contribution in [0.1, 0.15) is 12.0 Å². The van der Waals surface area contributed by atoms with Crippen LogP contribution < -0.4 is 10.6 Å². The molecule has 2 N–H and O–H groups in total. The molecule has 1 aliphatic heterocycles. The number of halogens is 3. The van der Waals surface area contributed by atoms with E-state index in [0.717, 1.165) is 25.6 Å². The number of anilines is 2. The van der Waals surface area contributed by atoms with Crippen molar-refractivity contribution in [3.05, 3.63) is 23.8 Å². The van der Waals surface area contributed by atoms with Crippen molar-refractivity contribution in [3.63, 3.8) is 0 Å². The number of nitrogens with zero attached hydrogens (tertiary/aromatic N) is 2. The third kappa shape index (κ3) is 3.36. The van der Waals surface area contributed by atoms with E-state index >= 15 is 0 Å². The molecular formula is C14H20F3N3. The van der Waals surface area contributed by atoms with Crippen LogP contribution in [0.15, 0.2) is 18.2 Å². The third-order valence-corrected chi connectivity index (χ3v) is 3.76. The highest BCUT2D eigenvalue weighted by molar-refractivity contribution is 5.60. The zero-order valence-electron chi connectivity index (χ0n) is 11.7. The molecular weight excluding hydrogens is 267 g/mol. The molecule has 3 nitrogen and oxygen atoms in total. The van der Waals surface area contributed by atoms with Crippen LogP contribution in [0.4, 0.5) is 24.5 Å². The van der Waals surface area contributed by atoms with Crippen molar-refractivity contribution in [1.82, 2.24) is 4.90 Å². The van der Waals surface area contributed by atoms with E-state index in [-0.39, 0.29) is 11.4 Å². The standard InChI is InChI=1S/C14H20F3N3/c1-19-6-5-10(8-19)9-20(2)13-4-3-11(18)7-12(13)14(15,16)17/h3-4,7,10H,5-6,8-9,18H2,1-2H3. The van der Waals surface area contributed by atoms with E-state index in [2.05, 4.69) is 4.90 Å². The lowest BCUT2D eigenvalue weighted by molar-refractivity contribution is -0.137. The molecule has 1 aromatic carbocycles. The quantitative estimate of drug-likeness (QED) is 0.868. The maximum Gasteiger partial charge on any atom is 0.418 e. The predicted octanol–water partition coefficient (Wildman–Crippen LogP) is 2.68. The normalized spacial score (nSPS) is 20.4. The second-order valence-corrected chi connectivity index (χ2v) is 5.57. The van der Waals surface area contributed by atoms with Gasteiger partial charge >= 0.3 is 6.18 Å². The molecule has 0 bridgehead atoms. The van der Waals surface area contributed by atoms with Crippen molar-refractivity contribution < 1.29 is 13.2 Å². The number of hydrogen-bond acceptors (Lipinski definition) is 3. The fourth-order valence-corrected chi connectivity index (χ4v) is 2.77. The minimum absolute atomic E-state index is 0.134. The molecule has 1 heterocycles. The van der Waals surface area contributed by atoms with Crippen molar-refractivity contribution in [2.75, 3.05) is 44.4 Å². The first-order valence-electron chi connectivity index (χ1n) is 6.64. The predicted molar refractivity (Wildman–Crippen MR) is 74.7 cm³/mol. The highest BCUT2D eigenvalue weighted by Crippen LogP contribution is 2.37. The van der Waals surface area contributed by atoms with Gasteiger partial charge in [-0.1, -0.05) is 0 Å². The van der Waals surface area contributed by atoms with E-state index in [1.807, 2.05) is 7.05 Å². The molecule has 0 aliphatic carbocycles. The lowest BCUT2D eigenvalue weighted by Gasteiger charge is -2.26. The molecule has 1 atom stereocenters. The van der Waals surface area contributed by atoms with E-state index in [1.165, 1.54) is 12.1 Å². The van der Waals surface area contributed by atoms with Gasteiger partial charge in [-0.05, 0) is 44.1 Å². The fourth-order valence-electron chi connectivity index (χ4n) is 2.77. The summed E-state index contributed by atoms with van der Waals surface area (Å²) in [5.41, 5.74) is 5.15. The van der Waals surface area contributed by atoms with E-state index in [1.54, 1.807) is 11.9 Å². The Hall–Kier alpha value is -1.43.